The molecular formula is C11H11Cl2N3S. The van der Waals surface area contributed by atoms with Crippen LogP contribution >= 0.6 is 35.1 Å². The van der Waals surface area contributed by atoms with E-state index in [9.17, 15) is 0 Å². The molecule has 3 nitrogen and oxygen atoms in total. The van der Waals surface area contributed by atoms with Crippen LogP contribution in [0.4, 0.5) is 5.69 Å². The van der Waals surface area contributed by atoms with Crippen LogP contribution in [-0.2, 0) is 0 Å². The summed E-state index contributed by atoms with van der Waals surface area (Å²) in [7, 11) is 0. The van der Waals surface area contributed by atoms with Crippen LogP contribution in [0.5, 0.6) is 0 Å². The number of hydrogen-bond acceptors (Lipinski definition) is 2. The maximum atomic E-state index is 6.11. The van der Waals surface area contributed by atoms with Crippen LogP contribution in [0.2, 0.25) is 10.0 Å². The minimum atomic E-state index is 0.630. The van der Waals surface area contributed by atoms with E-state index in [1.807, 2.05) is 6.07 Å². The van der Waals surface area contributed by atoms with Crippen LogP contribution in [0.3, 0.4) is 0 Å². The summed E-state index contributed by atoms with van der Waals surface area (Å²) >= 11 is 13.6. The van der Waals surface area contributed by atoms with Crippen molar-refractivity contribution in [1.29, 1.82) is 0 Å². The van der Waals surface area contributed by atoms with E-state index in [-0.39, 0.29) is 0 Å². The highest BCUT2D eigenvalue weighted by Gasteiger charge is 2.22. The molecule has 17 heavy (non-hydrogen) atoms. The number of anilines is 1. The third kappa shape index (κ3) is 2.64. The molecule has 1 fully saturated rings. The molecule has 0 saturated heterocycles. The molecule has 1 saturated carbocycles. The van der Waals surface area contributed by atoms with Gasteiger partial charge in [0.25, 0.3) is 0 Å². The van der Waals surface area contributed by atoms with Crippen LogP contribution in [0.1, 0.15) is 12.8 Å². The summed E-state index contributed by atoms with van der Waals surface area (Å²) in [4.78, 5) is 5.45. The zero-order chi connectivity index (χ0) is 11.8. The van der Waals surface area contributed by atoms with Gasteiger partial charge in [0.2, 0.25) is 5.96 Å². The number of nitrogens with zero attached hydrogens (tertiary/aromatic N) is 1. The minimum Gasteiger partial charge on any atom is -0.324 e. The Morgan fingerprint density at radius 1 is 1.35 bits per heavy atom. The maximum absolute atomic E-state index is 6.11. The number of aliphatic imine (C=N–C) groups is 1. The van der Waals surface area contributed by atoms with Crippen molar-refractivity contribution < 1.29 is 0 Å². The average molecular weight is 288 g/mol. The van der Waals surface area contributed by atoms with Crippen molar-refractivity contribution in [2.24, 2.45) is 10.9 Å². The van der Waals surface area contributed by atoms with Crippen molar-refractivity contribution in [2.75, 3.05) is 11.9 Å². The second-order valence-electron chi connectivity index (χ2n) is 4.23. The van der Waals surface area contributed by atoms with Crippen molar-refractivity contribution in [2.45, 2.75) is 17.7 Å². The van der Waals surface area contributed by atoms with Crippen LogP contribution in [0.25, 0.3) is 0 Å². The van der Waals surface area contributed by atoms with Crippen LogP contribution in [-0.4, -0.2) is 12.5 Å². The first-order valence-corrected chi connectivity index (χ1v) is 7.03. The Labute approximate surface area is 114 Å². The lowest BCUT2D eigenvalue weighted by molar-refractivity contribution is 0.844. The number of benzene rings is 1. The van der Waals surface area contributed by atoms with Crippen molar-refractivity contribution in [1.82, 2.24) is 4.72 Å². The fourth-order valence-corrected chi connectivity index (χ4v) is 2.90. The van der Waals surface area contributed by atoms with Gasteiger partial charge in [0, 0.05) is 11.6 Å². The molecule has 2 N–H and O–H groups in total. The van der Waals surface area contributed by atoms with Gasteiger partial charge in [-0.05, 0) is 42.8 Å². The summed E-state index contributed by atoms with van der Waals surface area (Å²) in [6, 6.07) is 3.61. The second kappa shape index (κ2) is 4.59. The topological polar surface area (TPSA) is 36.4 Å². The summed E-state index contributed by atoms with van der Waals surface area (Å²) in [6.45, 7) is 0.888. The standard InChI is InChI=1S/C11H11Cl2N3S/c12-7-3-8(13)10-9(4-7)15-11(16-17-10)14-5-6-1-2-6/h3-4,6H,1-2,5H2,(H2,14,15,16). The normalized spacial score (nSPS) is 20.7. The van der Waals surface area contributed by atoms with E-state index < -0.39 is 0 Å². The molecule has 0 aromatic heterocycles. The number of hydrogen-bond donors (Lipinski definition) is 2. The molecule has 0 unspecified atom stereocenters. The predicted octanol–water partition coefficient (Wildman–Crippen LogP) is 3.78. The van der Waals surface area contributed by atoms with Crippen molar-refractivity contribution in [3.05, 3.63) is 22.2 Å². The Bertz CT molecular complexity index is 486. The molecule has 0 atom stereocenters. The highest BCUT2D eigenvalue weighted by molar-refractivity contribution is 7.98. The molecule has 1 aliphatic carbocycles. The molecular weight excluding hydrogens is 277 g/mol. The average Bonchev–Trinajstić information content (AvgIpc) is 3.09. The van der Waals surface area contributed by atoms with Crippen LogP contribution in [0.15, 0.2) is 22.0 Å². The van der Waals surface area contributed by atoms with E-state index >= 15 is 0 Å². The molecule has 0 spiro atoms. The molecule has 6 heteroatoms. The molecule has 0 amide bonds. The van der Waals surface area contributed by atoms with Gasteiger partial charge in [0.05, 0.1) is 15.6 Å². The predicted molar refractivity (Wildman–Crippen MR) is 74.1 cm³/mol. The lowest BCUT2D eigenvalue weighted by Gasteiger charge is -2.21. The Hall–Kier alpha value is -0.580. The van der Waals surface area contributed by atoms with Crippen LogP contribution < -0.4 is 10.0 Å². The fourth-order valence-electron chi connectivity index (χ4n) is 1.60. The van der Waals surface area contributed by atoms with Gasteiger partial charge >= 0.3 is 0 Å². The molecule has 2 aliphatic rings. The Morgan fingerprint density at radius 2 is 2.18 bits per heavy atom. The Balaban J connectivity index is 1.81. The van der Waals surface area contributed by atoms with Crippen LogP contribution in [0, 0.1) is 5.92 Å². The van der Waals surface area contributed by atoms with E-state index in [1.165, 1.54) is 24.8 Å². The van der Waals surface area contributed by atoms with Crippen molar-refractivity contribution in [3.63, 3.8) is 0 Å². The molecule has 1 aromatic carbocycles. The van der Waals surface area contributed by atoms with Gasteiger partial charge in [-0.25, -0.2) is 0 Å². The van der Waals surface area contributed by atoms with Gasteiger partial charge < -0.3 is 5.32 Å². The van der Waals surface area contributed by atoms with Crippen molar-refractivity contribution >= 4 is 46.8 Å². The Kier molecular flexibility index (Phi) is 3.11. The summed E-state index contributed by atoms with van der Waals surface area (Å²) in [6.07, 6.45) is 2.61. The lowest BCUT2D eigenvalue weighted by Crippen LogP contribution is -2.29. The van der Waals surface area contributed by atoms with E-state index in [0.717, 1.165) is 29.0 Å². The minimum absolute atomic E-state index is 0.630. The van der Waals surface area contributed by atoms with Gasteiger partial charge in [-0.15, -0.1) is 0 Å². The first-order chi connectivity index (χ1) is 8.22. The lowest BCUT2D eigenvalue weighted by atomic mass is 10.3. The third-order valence-corrected chi connectivity index (χ3v) is 4.28. The quantitative estimate of drug-likeness (QED) is 0.813. The molecule has 1 aliphatic heterocycles. The number of halogens is 2. The third-order valence-electron chi connectivity index (χ3n) is 2.72. The molecule has 1 aromatic rings. The van der Waals surface area contributed by atoms with Gasteiger partial charge in [-0.2, -0.15) is 0 Å². The number of guanidine groups is 1. The largest absolute Gasteiger partial charge is 0.324 e. The highest BCUT2D eigenvalue weighted by Crippen LogP contribution is 2.38. The molecule has 3 rings (SSSR count). The van der Waals surface area contributed by atoms with E-state index in [4.69, 9.17) is 23.2 Å². The summed E-state index contributed by atoms with van der Waals surface area (Å²) in [5.74, 6) is 1.56. The molecule has 90 valence electrons. The summed E-state index contributed by atoms with van der Waals surface area (Å²) in [5.41, 5.74) is 0.917. The second-order valence-corrected chi connectivity index (χ2v) is 5.89. The van der Waals surface area contributed by atoms with Gasteiger partial charge in [-0.1, -0.05) is 23.2 Å². The van der Waals surface area contributed by atoms with Gasteiger partial charge in [-0.3, -0.25) is 9.71 Å². The highest BCUT2D eigenvalue weighted by atomic mass is 35.5. The van der Waals surface area contributed by atoms with Gasteiger partial charge in [0.15, 0.2) is 0 Å². The fraction of sp³-hybridized carbons (Fsp3) is 0.364. The first kappa shape index (κ1) is 11.5. The number of rotatable bonds is 2. The molecule has 0 bridgehead atoms. The zero-order valence-corrected chi connectivity index (χ0v) is 11.3. The number of nitrogens with one attached hydrogen (secondary N) is 2. The van der Waals surface area contributed by atoms with E-state index in [0.29, 0.717) is 10.0 Å². The molecule has 0 radical (unpaired) electrons. The number of fused-ring (bicyclic) bond motifs is 1. The smallest absolute Gasteiger partial charge is 0.206 e. The summed E-state index contributed by atoms with van der Waals surface area (Å²) < 4.78 is 3.15. The Morgan fingerprint density at radius 3 is 2.94 bits per heavy atom. The van der Waals surface area contributed by atoms with Crippen molar-refractivity contribution in [3.8, 4) is 0 Å². The summed E-state index contributed by atoms with van der Waals surface area (Å²) in [5, 5.41) is 4.49. The SMILES string of the molecule is Clc1cc(Cl)c2c(c1)NC(=NCC1CC1)NS2. The van der Waals surface area contributed by atoms with E-state index in [2.05, 4.69) is 15.0 Å². The molecule has 1 heterocycles. The van der Waals surface area contributed by atoms with Gasteiger partial charge in [0.1, 0.15) is 0 Å². The monoisotopic (exact) mass is 287 g/mol. The maximum Gasteiger partial charge on any atom is 0.206 e. The first-order valence-electron chi connectivity index (χ1n) is 5.46. The zero-order valence-electron chi connectivity index (χ0n) is 8.96. The van der Waals surface area contributed by atoms with E-state index in [1.54, 1.807) is 6.07 Å².